The molecule has 1 heteroatoms. The summed E-state index contributed by atoms with van der Waals surface area (Å²) in [4.78, 5) is 0. The van der Waals surface area contributed by atoms with Crippen LogP contribution in [0.15, 0.2) is 55.1 Å². The van der Waals surface area contributed by atoms with Crippen molar-refractivity contribution in [2.24, 2.45) is 5.92 Å². The minimum atomic E-state index is 0.485. The Bertz CT molecular complexity index is 616. The number of unbranched alkanes of at least 4 members (excludes halogenated alkanes) is 1. The molecular formula is C22H31N. The molecule has 0 saturated carbocycles. The molecule has 0 aromatic heterocycles. The van der Waals surface area contributed by atoms with E-state index in [1.165, 1.54) is 35.6 Å². The van der Waals surface area contributed by atoms with Crippen LogP contribution in [-0.4, -0.2) is 13.1 Å². The van der Waals surface area contributed by atoms with E-state index >= 15 is 0 Å². The second-order valence-electron chi connectivity index (χ2n) is 6.48. The van der Waals surface area contributed by atoms with Gasteiger partial charge in [-0.1, -0.05) is 75.2 Å². The second kappa shape index (κ2) is 8.88. The molecule has 0 spiro atoms. The highest BCUT2D eigenvalue weighted by Crippen LogP contribution is 2.34. The summed E-state index contributed by atoms with van der Waals surface area (Å²) in [5, 5.41) is 6.23. The predicted molar refractivity (Wildman–Crippen MR) is 103 cm³/mol. The molecule has 0 amide bonds. The molecule has 0 bridgehead atoms. The molecule has 23 heavy (non-hydrogen) atoms. The first-order chi connectivity index (χ1) is 11.2. The van der Waals surface area contributed by atoms with Crippen LogP contribution in [0.5, 0.6) is 0 Å². The molecule has 1 nitrogen and oxygen atoms in total. The summed E-state index contributed by atoms with van der Waals surface area (Å²) >= 11 is 0. The van der Waals surface area contributed by atoms with Gasteiger partial charge in [-0.25, -0.2) is 0 Å². The van der Waals surface area contributed by atoms with Crippen molar-refractivity contribution >= 4 is 10.8 Å². The van der Waals surface area contributed by atoms with Gasteiger partial charge < -0.3 is 5.32 Å². The van der Waals surface area contributed by atoms with Crippen LogP contribution in [0.1, 0.15) is 51.0 Å². The molecule has 0 radical (unpaired) electrons. The Morgan fingerprint density at radius 3 is 2.43 bits per heavy atom. The fourth-order valence-corrected chi connectivity index (χ4v) is 3.69. The molecule has 0 aliphatic carbocycles. The van der Waals surface area contributed by atoms with Crippen LogP contribution in [0, 0.1) is 5.92 Å². The van der Waals surface area contributed by atoms with Crippen molar-refractivity contribution in [3.05, 3.63) is 60.7 Å². The van der Waals surface area contributed by atoms with Gasteiger partial charge in [0.25, 0.3) is 0 Å². The maximum Gasteiger partial charge on any atom is 0.0138 e. The largest absolute Gasteiger partial charge is 0.316 e. The molecule has 0 heterocycles. The summed E-state index contributed by atoms with van der Waals surface area (Å²) in [6, 6.07) is 16.1. The quantitative estimate of drug-likeness (QED) is 0.567. The average molecular weight is 309 g/mol. The first kappa shape index (κ1) is 17.7. The van der Waals surface area contributed by atoms with Gasteiger partial charge in [0, 0.05) is 12.0 Å². The molecule has 2 aromatic carbocycles. The molecule has 2 unspecified atom stereocenters. The molecule has 0 aliphatic rings. The van der Waals surface area contributed by atoms with Gasteiger partial charge >= 0.3 is 0 Å². The normalized spacial score (nSPS) is 15.3. The van der Waals surface area contributed by atoms with Crippen LogP contribution >= 0.6 is 0 Å². The van der Waals surface area contributed by atoms with Crippen molar-refractivity contribution in [3.63, 3.8) is 0 Å². The van der Waals surface area contributed by atoms with E-state index in [1.54, 1.807) is 0 Å². The van der Waals surface area contributed by atoms with E-state index in [9.17, 15) is 0 Å². The van der Waals surface area contributed by atoms with Gasteiger partial charge in [0.2, 0.25) is 0 Å². The van der Waals surface area contributed by atoms with E-state index in [0.29, 0.717) is 17.9 Å². The van der Waals surface area contributed by atoms with Crippen molar-refractivity contribution in [1.29, 1.82) is 0 Å². The zero-order chi connectivity index (χ0) is 16.7. The number of hydrogen-bond donors (Lipinski definition) is 1. The van der Waals surface area contributed by atoms with Gasteiger partial charge in [-0.15, -0.1) is 6.58 Å². The zero-order valence-corrected chi connectivity index (χ0v) is 14.9. The molecule has 0 saturated heterocycles. The van der Waals surface area contributed by atoms with Crippen molar-refractivity contribution in [2.45, 2.75) is 51.5 Å². The van der Waals surface area contributed by atoms with E-state index in [0.717, 1.165) is 6.42 Å². The molecule has 1 N–H and O–H groups in total. The first-order valence-corrected chi connectivity index (χ1v) is 9.03. The Morgan fingerprint density at radius 1 is 1.09 bits per heavy atom. The highest BCUT2D eigenvalue weighted by atomic mass is 14.9. The molecule has 3 atom stereocenters. The number of benzene rings is 2. The molecule has 124 valence electrons. The first-order valence-electron chi connectivity index (χ1n) is 9.03. The molecule has 0 fully saturated rings. The van der Waals surface area contributed by atoms with Gasteiger partial charge in [-0.2, -0.15) is 0 Å². The van der Waals surface area contributed by atoms with Crippen molar-refractivity contribution in [3.8, 4) is 0 Å². The number of likely N-dealkylation sites (N-methyl/N-ethyl adjacent to an activating group) is 1. The average Bonchev–Trinajstić information content (AvgIpc) is 2.61. The van der Waals surface area contributed by atoms with Gasteiger partial charge in [0.15, 0.2) is 0 Å². The van der Waals surface area contributed by atoms with E-state index in [4.69, 9.17) is 0 Å². The Labute approximate surface area is 141 Å². The third kappa shape index (κ3) is 4.23. The van der Waals surface area contributed by atoms with Gasteiger partial charge in [-0.3, -0.25) is 0 Å². The highest BCUT2D eigenvalue weighted by molar-refractivity contribution is 5.83. The SMILES string of the molecule is C=CC(CC)C(c1ccc2ccccc2c1)[C@@H](CCCC)NC. The third-order valence-electron chi connectivity index (χ3n) is 5.07. The lowest BCUT2D eigenvalue weighted by Gasteiger charge is -2.32. The summed E-state index contributed by atoms with van der Waals surface area (Å²) in [6.07, 6.45) is 7.01. The maximum atomic E-state index is 4.11. The minimum Gasteiger partial charge on any atom is -0.316 e. The van der Waals surface area contributed by atoms with Gasteiger partial charge in [0.1, 0.15) is 0 Å². The van der Waals surface area contributed by atoms with Crippen LogP contribution in [0.25, 0.3) is 10.8 Å². The Balaban J connectivity index is 2.42. The van der Waals surface area contributed by atoms with Crippen molar-refractivity contribution in [1.82, 2.24) is 5.32 Å². The maximum absolute atomic E-state index is 4.11. The van der Waals surface area contributed by atoms with Gasteiger partial charge in [0.05, 0.1) is 0 Å². The second-order valence-corrected chi connectivity index (χ2v) is 6.48. The summed E-state index contributed by atoms with van der Waals surface area (Å²) in [5.74, 6) is 0.990. The smallest absolute Gasteiger partial charge is 0.0138 e. The monoisotopic (exact) mass is 309 g/mol. The number of rotatable bonds is 9. The zero-order valence-electron chi connectivity index (χ0n) is 14.9. The van der Waals surface area contributed by atoms with Crippen LogP contribution in [0.3, 0.4) is 0 Å². The Morgan fingerprint density at radius 2 is 1.83 bits per heavy atom. The molecule has 2 rings (SSSR count). The summed E-state index contributed by atoms with van der Waals surface area (Å²) in [6.45, 7) is 8.65. The van der Waals surface area contributed by atoms with E-state index in [1.807, 2.05) is 0 Å². The van der Waals surface area contributed by atoms with E-state index in [2.05, 4.69) is 81.3 Å². The number of fused-ring (bicyclic) bond motifs is 1. The topological polar surface area (TPSA) is 12.0 Å². The third-order valence-corrected chi connectivity index (χ3v) is 5.07. The molecular weight excluding hydrogens is 278 g/mol. The van der Waals surface area contributed by atoms with E-state index in [-0.39, 0.29) is 0 Å². The fourth-order valence-electron chi connectivity index (χ4n) is 3.69. The number of nitrogens with one attached hydrogen (secondary N) is 1. The van der Waals surface area contributed by atoms with Crippen molar-refractivity contribution in [2.75, 3.05) is 7.05 Å². The summed E-state index contributed by atoms with van der Waals surface area (Å²) in [7, 11) is 2.10. The standard InChI is InChI=1S/C22H31N/c1-5-8-13-21(23-4)22(17(6-2)7-3)20-15-14-18-11-9-10-12-19(18)16-20/h6,9-12,14-17,21-23H,2,5,7-8,13H2,1,3-4H3/t17?,21-,22?/m1/s1. The minimum absolute atomic E-state index is 0.485. The highest BCUT2D eigenvalue weighted by Gasteiger charge is 2.27. The van der Waals surface area contributed by atoms with Crippen molar-refractivity contribution < 1.29 is 0 Å². The fraction of sp³-hybridized carbons (Fsp3) is 0.455. The summed E-state index contributed by atoms with van der Waals surface area (Å²) < 4.78 is 0. The van der Waals surface area contributed by atoms with Crippen LogP contribution in [0.4, 0.5) is 0 Å². The lowest BCUT2D eigenvalue weighted by atomic mass is 9.77. The lowest BCUT2D eigenvalue weighted by molar-refractivity contribution is 0.352. The van der Waals surface area contributed by atoms with Gasteiger partial charge in [-0.05, 0) is 42.1 Å². The predicted octanol–water partition coefficient (Wildman–Crippen LogP) is 5.91. The number of allylic oxidation sites excluding steroid dienone is 1. The number of hydrogen-bond acceptors (Lipinski definition) is 1. The lowest BCUT2D eigenvalue weighted by Crippen LogP contribution is -2.35. The Hall–Kier alpha value is -1.60. The van der Waals surface area contributed by atoms with Crippen LogP contribution in [0.2, 0.25) is 0 Å². The van der Waals surface area contributed by atoms with Crippen LogP contribution < -0.4 is 5.32 Å². The van der Waals surface area contributed by atoms with E-state index < -0.39 is 0 Å². The molecule has 0 aliphatic heterocycles. The summed E-state index contributed by atoms with van der Waals surface area (Å²) in [5.41, 5.74) is 1.44. The Kier molecular flexibility index (Phi) is 6.85. The van der Waals surface area contributed by atoms with Crippen LogP contribution in [-0.2, 0) is 0 Å². The molecule has 2 aromatic rings.